The van der Waals surface area contributed by atoms with Gasteiger partial charge in [0.1, 0.15) is 0 Å². The van der Waals surface area contributed by atoms with Gasteiger partial charge in [0, 0.05) is 26.4 Å². The van der Waals surface area contributed by atoms with E-state index in [1.807, 2.05) is 12.1 Å². The Balaban J connectivity index is 2.49. The summed E-state index contributed by atoms with van der Waals surface area (Å²) in [6, 6.07) is 3.65. The number of rotatable bonds is 8. The summed E-state index contributed by atoms with van der Waals surface area (Å²) in [5.74, 6) is 0.676. The first-order valence-electron chi connectivity index (χ1n) is 6.01. The molecule has 0 fully saturated rings. The van der Waals surface area contributed by atoms with Gasteiger partial charge < -0.3 is 9.72 Å². The predicted octanol–water partition coefficient (Wildman–Crippen LogP) is 1.80. The highest BCUT2D eigenvalue weighted by Crippen LogP contribution is 2.03. The number of nitrogens with zero attached hydrogens (tertiary/aromatic N) is 1. The standard InChI is InChI=1S/C13H22N2O2/c1-11(2)9-15(7-8-17-3)10-13(16)12-5-4-6-14-12/h4-6,11,14H,7-10H2,1-3H3. The molecule has 0 aliphatic carbocycles. The van der Waals surface area contributed by atoms with E-state index in [1.165, 1.54) is 0 Å². The maximum Gasteiger partial charge on any atom is 0.192 e. The second-order valence-corrected chi connectivity index (χ2v) is 4.63. The highest BCUT2D eigenvalue weighted by Gasteiger charge is 2.13. The van der Waals surface area contributed by atoms with Gasteiger partial charge in [-0.25, -0.2) is 0 Å². The molecule has 0 saturated heterocycles. The number of Topliss-reactive ketones (excluding diaryl/α,β-unsaturated/α-hetero) is 1. The van der Waals surface area contributed by atoms with Crippen LogP contribution in [0.4, 0.5) is 0 Å². The molecule has 0 saturated carbocycles. The lowest BCUT2D eigenvalue weighted by atomic mass is 10.2. The van der Waals surface area contributed by atoms with Crippen molar-refractivity contribution in [3.63, 3.8) is 0 Å². The van der Waals surface area contributed by atoms with Crippen molar-refractivity contribution in [1.29, 1.82) is 0 Å². The number of hydrogen-bond acceptors (Lipinski definition) is 3. The van der Waals surface area contributed by atoms with Gasteiger partial charge in [-0.2, -0.15) is 0 Å². The van der Waals surface area contributed by atoms with E-state index in [0.29, 0.717) is 24.8 Å². The molecular formula is C13H22N2O2. The van der Waals surface area contributed by atoms with Crippen molar-refractivity contribution in [3.05, 3.63) is 24.0 Å². The molecule has 0 spiro atoms. The van der Waals surface area contributed by atoms with Crippen molar-refractivity contribution in [2.45, 2.75) is 13.8 Å². The number of nitrogens with one attached hydrogen (secondary N) is 1. The molecule has 4 nitrogen and oxygen atoms in total. The highest BCUT2D eigenvalue weighted by molar-refractivity contribution is 5.95. The molecule has 0 bridgehead atoms. The lowest BCUT2D eigenvalue weighted by molar-refractivity contribution is 0.0877. The second kappa shape index (κ2) is 7.25. The summed E-state index contributed by atoms with van der Waals surface area (Å²) in [4.78, 5) is 17.0. The van der Waals surface area contributed by atoms with Crippen molar-refractivity contribution in [2.75, 3.05) is 33.4 Å². The number of H-pyrrole nitrogens is 1. The normalized spacial score (nSPS) is 11.4. The summed E-state index contributed by atoms with van der Waals surface area (Å²) in [7, 11) is 1.68. The molecule has 1 N–H and O–H groups in total. The predicted molar refractivity (Wildman–Crippen MR) is 68.3 cm³/mol. The average Bonchev–Trinajstić information content (AvgIpc) is 2.78. The van der Waals surface area contributed by atoms with E-state index >= 15 is 0 Å². The molecule has 0 aliphatic rings. The third kappa shape index (κ3) is 5.15. The molecule has 1 aromatic heterocycles. The van der Waals surface area contributed by atoms with Crippen LogP contribution in [-0.4, -0.2) is 49.0 Å². The first-order valence-corrected chi connectivity index (χ1v) is 6.01. The molecule has 1 heterocycles. The fourth-order valence-corrected chi connectivity index (χ4v) is 1.76. The molecule has 0 aromatic carbocycles. The summed E-state index contributed by atoms with van der Waals surface area (Å²) in [5.41, 5.74) is 0.677. The van der Waals surface area contributed by atoms with Gasteiger partial charge in [0.25, 0.3) is 0 Å². The van der Waals surface area contributed by atoms with E-state index in [4.69, 9.17) is 4.74 Å². The highest BCUT2D eigenvalue weighted by atomic mass is 16.5. The second-order valence-electron chi connectivity index (χ2n) is 4.63. The van der Waals surface area contributed by atoms with Crippen molar-refractivity contribution >= 4 is 5.78 Å². The zero-order valence-corrected chi connectivity index (χ0v) is 10.9. The van der Waals surface area contributed by atoms with E-state index in [-0.39, 0.29) is 5.78 Å². The smallest absolute Gasteiger partial charge is 0.192 e. The minimum Gasteiger partial charge on any atom is -0.383 e. The van der Waals surface area contributed by atoms with Crippen LogP contribution in [0.1, 0.15) is 24.3 Å². The van der Waals surface area contributed by atoms with E-state index in [0.717, 1.165) is 13.1 Å². The molecule has 0 amide bonds. The number of ketones is 1. The molecule has 96 valence electrons. The number of aromatic nitrogens is 1. The zero-order valence-electron chi connectivity index (χ0n) is 10.9. The van der Waals surface area contributed by atoms with E-state index in [9.17, 15) is 4.79 Å². The lowest BCUT2D eigenvalue weighted by Gasteiger charge is -2.22. The SMILES string of the molecule is COCCN(CC(=O)c1ccc[nH]1)CC(C)C. The quantitative estimate of drug-likeness (QED) is 0.702. The first kappa shape index (κ1) is 13.9. The van der Waals surface area contributed by atoms with Gasteiger partial charge in [-0.1, -0.05) is 13.8 Å². The summed E-state index contributed by atoms with van der Waals surface area (Å²) in [5, 5.41) is 0. The average molecular weight is 238 g/mol. The van der Waals surface area contributed by atoms with Crippen molar-refractivity contribution in [3.8, 4) is 0 Å². The van der Waals surface area contributed by atoms with Crippen LogP contribution in [0.25, 0.3) is 0 Å². The number of aromatic amines is 1. The van der Waals surface area contributed by atoms with E-state index in [2.05, 4.69) is 23.7 Å². The topological polar surface area (TPSA) is 45.3 Å². The Kier molecular flexibility index (Phi) is 5.94. The van der Waals surface area contributed by atoms with Crippen molar-refractivity contribution in [1.82, 2.24) is 9.88 Å². The van der Waals surface area contributed by atoms with Crippen LogP contribution in [0.3, 0.4) is 0 Å². The summed E-state index contributed by atoms with van der Waals surface area (Å²) in [6.07, 6.45) is 1.77. The number of hydrogen-bond donors (Lipinski definition) is 1. The Morgan fingerprint density at radius 2 is 2.29 bits per heavy atom. The monoisotopic (exact) mass is 238 g/mol. The lowest BCUT2D eigenvalue weighted by Crippen LogP contribution is -2.35. The molecule has 0 atom stereocenters. The van der Waals surface area contributed by atoms with Crippen LogP contribution in [0.2, 0.25) is 0 Å². The maximum atomic E-state index is 11.9. The molecule has 1 aromatic rings. The van der Waals surface area contributed by atoms with Gasteiger partial charge in [-0.05, 0) is 18.1 Å². The first-order chi connectivity index (χ1) is 8.13. The van der Waals surface area contributed by atoms with E-state index < -0.39 is 0 Å². The Hall–Kier alpha value is -1.13. The molecule has 0 radical (unpaired) electrons. The summed E-state index contributed by atoms with van der Waals surface area (Å²) < 4.78 is 5.07. The third-order valence-electron chi connectivity index (χ3n) is 2.50. The Bertz CT molecular complexity index is 320. The zero-order chi connectivity index (χ0) is 12.7. The maximum absolute atomic E-state index is 11.9. The number of carbonyl (C=O) groups is 1. The van der Waals surface area contributed by atoms with Gasteiger partial charge >= 0.3 is 0 Å². The van der Waals surface area contributed by atoms with Crippen LogP contribution in [0, 0.1) is 5.92 Å². The third-order valence-corrected chi connectivity index (χ3v) is 2.50. The number of methoxy groups -OCH3 is 1. The molecule has 0 unspecified atom stereocenters. The Morgan fingerprint density at radius 1 is 1.53 bits per heavy atom. The fourth-order valence-electron chi connectivity index (χ4n) is 1.76. The van der Waals surface area contributed by atoms with Gasteiger partial charge in [-0.15, -0.1) is 0 Å². The van der Waals surface area contributed by atoms with Gasteiger partial charge in [0.05, 0.1) is 18.8 Å². The number of carbonyl (C=O) groups excluding carboxylic acids is 1. The van der Waals surface area contributed by atoms with Crippen LogP contribution in [-0.2, 0) is 4.74 Å². The fraction of sp³-hybridized carbons (Fsp3) is 0.615. The van der Waals surface area contributed by atoms with Crippen LogP contribution >= 0.6 is 0 Å². The molecule has 1 rings (SSSR count). The molecule has 17 heavy (non-hydrogen) atoms. The minimum atomic E-state index is 0.131. The number of ether oxygens (including phenoxy) is 1. The largest absolute Gasteiger partial charge is 0.383 e. The Labute approximate surface area is 103 Å². The molecular weight excluding hydrogens is 216 g/mol. The van der Waals surface area contributed by atoms with Crippen LogP contribution < -0.4 is 0 Å². The molecule has 0 aliphatic heterocycles. The van der Waals surface area contributed by atoms with Crippen LogP contribution in [0.5, 0.6) is 0 Å². The van der Waals surface area contributed by atoms with Gasteiger partial charge in [0.15, 0.2) is 5.78 Å². The Morgan fingerprint density at radius 3 is 2.82 bits per heavy atom. The minimum absolute atomic E-state index is 0.131. The van der Waals surface area contributed by atoms with Crippen LogP contribution in [0.15, 0.2) is 18.3 Å². The van der Waals surface area contributed by atoms with Gasteiger partial charge in [-0.3, -0.25) is 9.69 Å². The van der Waals surface area contributed by atoms with Gasteiger partial charge in [0.2, 0.25) is 0 Å². The van der Waals surface area contributed by atoms with Crippen molar-refractivity contribution in [2.24, 2.45) is 5.92 Å². The molecule has 4 heteroatoms. The van der Waals surface area contributed by atoms with Crippen molar-refractivity contribution < 1.29 is 9.53 Å². The summed E-state index contributed by atoms with van der Waals surface area (Å²) in [6.45, 7) is 7.11. The van der Waals surface area contributed by atoms with E-state index in [1.54, 1.807) is 13.3 Å². The summed E-state index contributed by atoms with van der Waals surface area (Å²) >= 11 is 0.